The Morgan fingerprint density at radius 1 is 1.40 bits per heavy atom. The van der Waals surface area contributed by atoms with E-state index in [1.807, 2.05) is 6.92 Å². The van der Waals surface area contributed by atoms with Crippen molar-refractivity contribution in [2.45, 2.75) is 25.2 Å². The van der Waals surface area contributed by atoms with Crippen LogP contribution in [-0.4, -0.2) is 32.8 Å². The van der Waals surface area contributed by atoms with Crippen LogP contribution in [0.1, 0.15) is 17.5 Å². The number of nitrogens with zero attached hydrogens (tertiary/aromatic N) is 2. The average Bonchev–Trinajstić information content (AvgIpc) is 2.69. The van der Waals surface area contributed by atoms with Crippen LogP contribution in [0.2, 0.25) is 0 Å². The lowest BCUT2D eigenvalue weighted by atomic mass is 10.0. The van der Waals surface area contributed by atoms with E-state index in [2.05, 4.69) is 17.3 Å². The zero-order chi connectivity index (χ0) is 15.1. The Hall–Kier alpha value is -1.67. The molecule has 1 atom stereocenters. The molecule has 3 N–H and O–H groups in total. The Balaban J connectivity index is 2.42. The summed E-state index contributed by atoms with van der Waals surface area (Å²) in [6.07, 6.45) is -5.65. The van der Waals surface area contributed by atoms with E-state index < -0.39 is 23.4 Å². The van der Waals surface area contributed by atoms with Crippen LogP contribution in [0.3, 0.4) is 0 Å². The molecule has 0 spiro atoms. The number of nitrogens with two attached hydrogens (primary N) is 1. The molecule has 1 aliphatic heterocycles. The third-order valence-corrected chi connectivity index (χ3v) is 3.21. The van der Waals surface area contributed by atoms with Crippen LogP contribution in [0, 0.1) is 6.92 Å². The molecular formula is C12H12F3N3OS. The first-order valence-corrected chi connectivity index (χ1v) is 6.09. The second-order valence-corrected chi connectivity index (χ2v) is 4.97. The van der Waals surface area contributed by atoms with Crippen molar-refractivity contribution in [1.82, 2.24) is 5.01 Å². The highest BCUT2D eigenvalue weighted by atomic mass is 32.1. The van der Waals surface area contributed by atoms with Gasteiger partial charge in [-0.15, -0.1) is 0 Å². The lowest BCUT2D eigenvalue weighted by molar-refractivity contribution is -0.294. The van der Waals surface area contributed by atoms with Crippen molar-refractivity contribution in [2.75, 3.05) is 0 Å². The van der Waals surface area contributed by atoms with Gasteiger partial charge in [-0.3, -0.25) is 0 Å². The van der Waals surface area contributed by atoms with Crippen molar-refractivity contribution in [2.24, 2.45) is 10.8 Å². The molecule has 0 saturated heterocycles. The highest BCUT2D eigenvalue weighted by Crippen LogP contribution is 2.41. The highest BCUT2D eigenvalue weighted by molar-refractivity contribution is 7.80. The van der Waals surface area contributed by atoms with Gasteiger partial charge >= 0.3 is 6.18 Å². The van der Waals surface area contributed by atoms with Crippen molar-refractivity contribution in [3.63, 3.8) is 0 Å². The van der Waals surface area contributed by atoms with Gasteiger partial charge in [0.15, 0.2) is 5.11 Å². The van der Waals surface area contributed by atoms with Crippen molar-refractivity contribution < 1.29 is 18.3 Å². The minimum atomic E-state index is -4.92. The fraction of sp³-hybridized carbons (Fsp3) is 0.333. The molecular weight excluding hydrogens is 291 g/mol. The van der Waals surface area contributed by atoms with Crippen molar-refractivity contribution >= 4 is 23.0 Å². The second kappa shape index (κ2) is 4.71. The van der Waals surface area contributed by atoms with Gasteiger partial charge in [0.25, 0.3) is 5.72 Å². The molecule has 20 heavy (non-hydrogen) atoms. The van der Waals surface area contributed by atoms with E-state index in [0.29, 0.717) is 5.56 Å². The molecule has 0 aromatic heterocycles. The Morgan fingerprint density at radius 3 is 2.35 bits per heavy atom. The third kappa shape index (κ3) is 2.36. The van der Waals surface area contributed by atoms with Gasteiger partial charge in [0, 0.05) is 0 Å². The smallest absolute Gasteiger partial charge is 0.375 e. The first kappa shape index (κ1) is 14.7. The molecule has 0 saturated carbocycles. The molecule has 2 rings (SSSR count). The van der Waals surface area contributed by atoms with Crippen molar-refractivity contribution in [3.05, 3.63) is 35.4 Å². The molecule has 0 bridgehead atoms. The maximum atomic E-state index is 13.0. The Morgan fingerprint density at radius 2 is 1.95 bits per heavy atom. The van der Waals surface area contributed by atoms with Gasteiger partial charge in [-0.2, -0.15) is 23.3 Å². The molecule has 108 valence electrons. The number of halogens is 3. The molecule has 0 unspecified atom stereocenters. The number of hydrazone groups is 1. The zero-order valence-corrected chi connectivity index (χ0v) is 11.3. The summed E-state index contributed by atoms with van der Waals surface area (Å²) >= 11 is 4.53. The summed E-state index contributed by atoms with van der Waals surface area (Å²) in [4.78, 5) is 0. The second-order valence-electron chi connectivity index (χ2n) is 4.55. The maximum Gasteiger partial charge on any atom is 0.438 e. The van der Waals surface area contributed by atoms with Crippen LogP contribution in [0.15, 0.2) is 29.4 Å². The average molecular weight is 303 g/mol. The van der Waals surface area contributed by atoms with E-state index in [0.717, 1.165) is 5.56 Å². The molecule has 0 amide bonds. The summed E-state index contributed by atoms with van der Waals surface area (Å²) in [7, 11) is 0. The lowest BCUT2D eigenvalue weighted by Crippen LogP contribution is -2.57. The number of aryl methyl sites for hydroxylation is 1. The van der Waals surface area contributed by atoms with Gasteiger partial charge in [-0.25, -0.2) is 0 Å². The lowest BCUT2D eigenvalue weighted by Gasteiger charge is -2.32. The van der Waals surface area contributed by atoms with E-state index in [4.69, 9.17) is 5.73 Å². The molecule has 0 radical (unpaired) electrons. The van der Waals surface area contributed by atoms with E-state index >= 15 is 0 Å². The van der Waals surface area contributed by atoms with E-state index in [1.54, 1.807) is 24.3 Å². The monoisotopic (exact) mass is 303 g/mol. The predicted molar refractivity (Wildman–Crippen MR) is 72.0 cm³/mol. The van der Waals surface area contributed by atoms with Crippen LogP contribution >= 0.6 is 12.2 Å². The van der Waals surface area contributed by atoms with Crippen LogP contribution in [0.25, 0.3) is 0 Å². The van der Waals surface area contributed by atoms with E-state index in [9.17, 15) is 18.3 Å². The topological polar surface area (TPSA) is 61.8 Å². The zero-order valence-electron chi connectivity index (χ0n) is 10.5. The Kier molecular flexibility index (Phi) is 3.47. The van der Waals surface area contributed by atoms with Crippen molar-refractivity contribution in [3.8, 4) is 0 Å². The highest BCUT2D eigenvalue weighted by Gasteiger charge is 2.62. The SMILES string of the molecule is Cc1ccc(C2=NN(C(N)=S)[C@@](O)(C(F)(F)F)C2)cc1. The summed E-state index contributed by atoms with van der Waals surface area (Å²) in [6, 6.07) is 6.75. The van der Waals surface area contributed by atoms with Gasteiger partial charge in [0.05, 0.1) is 12.1 Å². The van der Waals surface area contributed by atoms with Gasteiger partial charge < -0.3 is 10.8 Å². The summed E-state index contributed by atoms with van der Waals surface area (Å²) < 4.78 is 39.1. The first-order chi connectivity index (χ1) is 9.15. The van der Waals surface area contributed by atoms with Gasteiger partial charge in [-0.05, 0) is 24.7 Å². The quantitative estimate of drug-likeness (QED) is 0.778. The standard InChI is InChI=1S/C12H12F3N3OS/c1-7-2-4-8(5-3-7)9-6-11(19,12(13,14)15)18(17-9)10(16)20/h2-5,19H,6H2,1H3,(H2,16,20)/t11-/m0/s1. The van der Waals surface area contributed by atoms with Crippen LogP contribution in [0.5, 0.6) is 0 Å². The molecule has 1 heterocycles. The molecule has 0 fully saturated rings. The number of benzene rings is 1. The van der Waals surface area contributed by atoms with Crippen molar-refractivity contribution in [1.29, 1.82) is 0 Å². The fourth-order valence-corrected chi connectivity index (χ4v) is 2.10. The first-order valence-electron chi connectivity index (χ1n) is 5.68. The van der Waals surface area contributed by atoms with Gasteiger partial charge in [-0.1, -0.05) is 29.8 Å². The molecule has 4 nitrogen and oxygen atoms in total. The number of alkyl halides is 3. The molecule has 8 heteroatoms. The molecule has 1 aliphatic rings. The number of rotatable bonds is 1. The Bertz CT molecular complexity index is 570. The van der Waals surface area contributed by atoms with Gasteiger partial charge in [0.1, 0.15) is 0 Å². The number of hydrogen-bond acceptors (Lipinski definition) is 3. The summed E-state index contributed by atoms with van der Waals surface area (Å²) in [5.41, 5.74) is 3.56. The third-order valence-electron chi connectivity index (χ3n) is 3.03. The maximum absolute atomic E-state index is 13.0. The normalized spacial score (nSPS) is 22.9. The molecule has 1 aromatic rings. The molecule has 0 aliphatic carbocycles. The van der Waals surface area contributed by atoms with Crippen LogP contribution in [-0.2, 0) is 0 Å². The van der Waals surface area contributed by atoms with Crippen LogP contribution in [0.4, 0.5) is 13.2 Å². The number of thiocarbonyl (C=S) groups is 1. The largest absolute Gasteiger partial charge is 0.438 e. The van der Waals surface area contributed by atoms with Gasteiger partial charge in [0.2, 0.25) is 0 Å². The minimum absolute atomic E-state index is 0.0811. The van der Waals surface area contributed by atoms with E-state index in [1.165, 1.54) is 0 Å². The summed E-state index contributed by atoms with van der Waals surface area (Å²) in [5, 5.41) is 13.2. The minimum Gasteiger partial charge on any atom is -0.375 e. The number of hydrogen-bond donors (Lipinski definition) is 2. The summed E-state index contributed by atoms with van der Waals surface area (Å²) in [6.45, 7) is 1.85. The predicted octanol–water partition coefficient (Wildman–Crippen LogP) is 1.90. The number of aliphatic hydroxyl groups is 1. The van der Waals surface area contributed by atoms with Crippen LogP contribution < -0.4 is 5.73 Å². The Labute approximate surface area is 118 Å². The van der Waals surface area contributed by atoms with E-state index in [-0.39, 0.29) is 10.7 Å². The fourth-order valence-electron chi connectivity index (χ4n) is 1.90. The summed E-state index contributed by atoms with van der Waals surface area (Å²) in [5.74, 6) is 0. The molecule has 1 aromatic carbocycles.